The van der Waals surface area contributed by atoms with Crippen LogP contribution >= 0.6 is 11.6 Å². The molecule has 0 atom stereocenters. The van der Waals surface area contributed by atoms with E-state index in [-0.39, 0.29) is 11.3 Å². The number of hydrogen-bond donors (Lipinski definition) is 1. The van der Waals surface area contributed by atoms with E-state index in [1.807, 2.05) is 6.92 Å². The van der Waals surface area contributed by atoms with E-state index in [2.05, 4.69) is 5.32 Å². The standard InChI is InChI=1S/C20H22ClNO6S/c1-14-12-15(21)5-10-18(14)27-11-3-4-20(24)28-13-19(23)22-16-6-8-17(9-7-16)29(2,25)26/h5-10,12H,3-4,11,13H2,1-2H3,(H,22,23). The molecule has 0 aliphatic rings. The lowest BCUT2D eigenvalue weighted by molar-refractivity contribution is -0.147. The fourth-order valence-corrected chi connectivity index (χ4v) is 3.23. The first kappa shape index (κ1) is 22.7. The van der Waals surface area contributed by atoms with Crippen LogP contribution in [-0.4, -0.2) is 39.8 Å². The zero-order valence-electron chi connectivity index (χ0n) is 16.1. The number of hydrogen-bond acceptors (Lipinski definition) is 6. The number of amides is 1. The first-order valence-electron chi connectivity index (χ1n) is 8.80. The minimum Gasteiger partial charge on any atom is -0.493 e. The molecule has 0 aliphatic heterocycles. The maximum atomic E-state index is 11.8. The average molecular weight is 440 g/mol. The van der Waals surface area contributed by atoms with Crippen molar-refractivity contribution in [1.82, 2.24) is 0 Å². The predicted molar refractivity (Wildman–Crippen MR) is 110 cm³/mol. The fourth-order valence-electron chi connectivity index (χ4n) is 2.37. The predicted octanol–water partition coefficient (Wildman–Crippen LogP) is 3.39. The molecule has 2 aromatic carbocycles. The Morgan fingerprint density at radius 1 is 1.10 bits per heavy atom. The van der Waals surface area contributed by atoms with Crippen molar-refractivity contribution in [2.24, 2.45) is 0 Å². The van der Waals surface area contributed by atoms with Gasteiger partial charge in [0.25, 0.3) is 5.91 Å². The van der Waals surface area contributed by atoms with Gasteiger partial charge in [-0.3, -0.25) is 9.59 Å². The van der Waals surface area contributed by atoms with E-state index in [9.17, 15) is 18.0 Å². The van der Waals surface area contributed by atoms with Crippen molar-refractivity contribution in [2.45, 2.75) is 24.7 Å². The van der Waals surface area contributed by atoms with Gasteiger partial charge in [-0.1, -0.05) is 11.6 Å². The molecule has 2 rings (SSSR count). The summed E-state index contributed by atoms with van der Waals surface area (Å²) in [7, 11) is -3.30. The van der Waals surface area contributed by atoms with Gasteiger partial charge in [-0.2, -0.15) is 0 Å². The summed E-state index contributed by atoms with van der Waals surface area (Å²) in [6.45, 7) is 1.78. The number of carbonyl (C=O) groups is 2. The highest BCUT2D eigenvalue weighted by Gasteiger charge is 2.10. The molecule has 1 N–H and O–H groups in total. The summed E-state index contributed by atoms with van der Waals surface area (Å²) in [6, 6.07) is 11.0. The van der Waals surface area contributed by atoms with Gasteiger partial charge in [0.05, 0.1) is 11.5 Å². The lowest BCUT2D eigenvalue weighted by atomic mass is 10.2. The van der Waals surface area contributed by atoms with Crippen LogP contribution in [0.4, 0.5) is 5.69 Å². The van der Waals surface area contributed by atoms with Gasteiger partial charge in [0.2, 0.25) is 0 Å². The quantitative estimate of drug-likeness (QED) is 0.475. The van der Waals surface area contributed by atoms with Crippen molar-refractivity contribution >= 4 is 39.0 Å². The summed E-state index contributed by atoms with van der Waals surface area (Å²) < 4.78 is 33.3. The Kier molecular flexibility index (Phi) is 8.04. The van der Waals surface area contributed by atoms with Gasteiger partial charge in [-0.05, 0) is 61.4 Å². The molecule has 7 nitrogen and oxygen atoms in total. The molecule has 0 spiro atoms. The van der Waals surface area contributed by atoms with Crippen LogP contribution in [-0.2, 0) is 24.2 Å². The first-order valence-corrected chi connectivity index (χ1v) is 11.1. The molecule has 1 amide bonds. The fraction of sp³-hybridized carbons (Fsp3) is 0.300. The Morgan fingerprint density at radius 3 is 2.41 bits per heavy atom. The molecule has 0 radical (unpaired) electrons. The SMILES string of the molecule is Cc1cc(Cl)ccc1OCCCC(=O)OCC(=O)Nc1ccc(S(C)(=O)=O)cc1. The van der Waals surface area contributed by atoms with Gasteiger partial charge >= 0.3 is 5.97 Å². The molecule has 9 heteroatoms. The second-order valence-corrected chi connectivity index (χ2v) is 8.82. The summed E-state index contributed by atoms with van der Waals surface area (Å²) in [4.78, 5) is 23.7. The van der Waals surface area contributed by atoms with E-state index in [4.69, 9.17) is 21.1 Å². The average Bonchev–Trinajstić information content (AvgIpc) is 2.64. The minimum atomic E-state index is -3.30. The second kappa shape index (κ2) is 10.3. The van der Waals surface area contributed by atoms with Crippen molar-refractivity contribution in [3.63, 3.8) is 0 Å². The number of ether oxygens (including phenoxy) is 2. The molecule has 29 heavy (non-hydrogen) atoms. The number of aryl methyl sites for hydroxylation is 1. The van der Waals surface area contributed by atoms with E-state index in [1.165, 1.54) is 24.3 Å². The Morgan fingerprint density at radius 2 is 1.79 bits per heavy atom. The maximum Gasteiger partial charge on any atom is 0.306 e. The molecule has 0 fully saturated rings. The van der Waals surface area contributed by atoms with Gasteiger partial charge in [0.15, 0.2) is 16.4 Å². The summed E-state index contributed by atoms with van der Waals surface area (Å²) in [5.74, 6) is -0.327. The van der Waals surface area contributed by atoms with E-state index in [0.717, 1.165) is 11.8 Å². The van der Waals surface area contributed by atoms with Crippen LogP contribution < -0.4 is 10.1 Å². The van der Waals surface area contributed by atoms with E-state index < -0.39 is 28.3 Å². The summed E-state index contributed by atoms with van der Waals surface area (Å²) >= 11 is 5.88. The Balaban J connectivity index is 1.67. The van der Waals surface area contributed by atoms with Crippen LogP contribution in [0.5, 0.6) is 5.75 Å². The number of halogens is 1. The van der Waals surface area contributed by atoms with Gasteiger partial charge in [-0.15, -0.1) is 0 Å². The van der Waals surface area contributed by atoms with E-state index >= 15 is 0 Å². The van der Waals surface area contributed by atoms with Gasteiger partial charge in [0, 0.05) is 23.4 Å². The van der Waals surface area contributed by atoms with Crippen molar-refractivity contribution in [3.05, 3.63) is 53.1 Å². The topological polar surface area (TPSA) is 98.8 Å². The van der Waals surface area contributed by atoms with E-state index in [0.29, 0.717) is 29.5 Å². The lowest BCUT2D eigenvalue weighted by Gasteiger charge is -2.09. The van der Waals surface area contributed by atoms with Crippen LogP contribution in [0.2, 0.25) is 5.02 Å². The third kappa shape index (κ3) is 7.75. The number of nitrogens with one attached hydrogen (secondary N) is 1. The Bertz CT molecular complexity index is 973. The molecular weight excluding hydrogens is 418 g/mol. The molecule has 2 aromatic rings. The van der Waals surface area contributed by atoms with Gasteiger partial charge < -0.3 is 14.8 Å². The van der Waals surface area contributed by atoms with Crippen molar-refractivity contribution < 1.29 is 27.5 Å². The summed E-state index contributed by atoms with van der Waals surface area (Å²) in [5, 5.41) is 3.16. The van der Waals surface area contributed by atoms with Crippen LogP contribution in [0.3, 0.4) is 0 Å². The number of sulfone groups is 1. The van der Waals surface area contributed by atoms with E-state index in [1.54, 1.807) is 18.2 Å². The largest absolute Gasteiger partial charge is 0.493 e. The third-order valence-corrected chi connectivity index (χ3v) is 5.21. The highest BCUT2D eigenvalue weighted by molar-refractivity contribution is 7.90. The lowest BCUT2D eigenvalue weighted by Crippen LogP contribution is -2.21. The molecule has 0 saturated heterocycles. The minimum absolute atomic E-state index is 0.114. The van der Waals surface area contributed by atoms with Crippen molar-refractivity contribution in [1.29, 1.82) is 0 Å². The zero-order chi connectivity index (χ0) is 21.4. The molecule has 0 heterocycles. The first-order chi connectivity index (χ1) is 13.6. The highest BCUT2D eigenvalue weighted by atomic mass is 35.5. The summed E-state index contributed by atoms with van der Waals surface area (Å²) in [5.41, 5.74) is 1.31. The van der Waals surface area contributed by atoms with Crippen LogP contribution in [0.25, 0.3) is 0 Å². The van der Waals surface area contributed by atoms with Crippen LogP contribution in [0.15, 0.2) is 47.4 Å². The molecule has 0 aliphatic carbocycles. The van der Waals surface area contributed by atoms with Crippen molar-refractivity contribution in [3.8, 4) is 5.75 Å². The molecular formula is C20H22ClNO6S. The van der Waals surface area contributed by atoms with Gasteiger partial charge in [-0.25, -0.2) is 8.42 Å². The van der Waals surface area contributed by atoms with Crippen LogP contribution in [0.1, 0.15) is 18.4 Å². The summed E-state index contributed by atoms with van der Waals surface area (Å²) in [6.07, 6.45) is 1.65. The number of rotatable bonds is 9. The Hall–Kier alpha value is -2.58. The molecule has 0 aromatic heterocycles. The molecule has 156 valence electrons. The van der Waals surface area contributed by atoms with Crippen molar-refractivity contribution in [2.75, 3.05) is 24.8 Å². The maximum absolute atomic E-state index is 11.8. The number of anilines is 1. The molecule has 0 saturated carbocycles. The molecule has 0 bridgehead atoms. The number of esters is 1. The monoisotopic (exact) mass is 439 g/mol. The molecule has 0 unspecified atom stereocenters. The smallest absolute Gasteiger partial charge is 0.306 e. The highest BCUT2D eigenvalue weighted by Crippen LogP contribution is 2.22. The third-order valence-electron chi connectivity index (χ3n) is 3.85. The second-order valence-electron chi connectivity index (χ2n) is 6.37. The van der Waals surface area contributed by atoms with Crippen LogP contribution in [0, 0.1) is 6.92 Å². The number of benzene rings is 2. The Labute approximate surface area is 174 Å². The number of carbonyl (C=O) groups excluding carboxylic acids is 2. The zero-order valence-corrected chi connectivity index (χ0v) is 17.7. The van der Waals surface area contributed by atoms with Gasteiger partial charge in [0.1, 0.15) is 5.75 Å². The normalized spacial score (nSPS) is 11.0.